The van der Waals surface area contributed by atoms with Crippen LogP contribution in [0.5, 0.6) is 0 Å². The molecule has 1 aliphatic rings. The number of para-hydroxylation sites is 1. The van der Waals surface area contributed by atoms with E-state index in [0.29, 0.717) is 12.5 Å². The highest BCUT2D eigenvalue weighted by molar-refractivity contribution is 5.85. The Balaban J connectivity index is 0.00000200. The molecule has 0 radical (unpaired) electrons. The van der Waals surface area contributed by atoms with E-state index < -0.39 is 0 Å². The van der Waals surface area contributed by atoms with Gasteiger partial charge in [-0.15, -0.1) is 12.4 Å². The lowest BCUT2D eigenvalue weighted by Crippen LogP contribution is -2.42. The van der Waals surface area contributed by atoms with Crippen molar-refractivity contribution < 1.29 is 9.53 Å². The molecule has 0 unspecified atom stereocenters. The summed E-state index contributed by atoms with van der Waals surface area (Å²) in [6, 6.07) is 9.83. The number of piperidine rings is 1. The largest absolute Gasteiger partial charge is 0.384 e. The molecule has 1 aromatic rings. The van der Waals surface area contributed by atoms with Crippen molar-refractivity contribution in [1.82, 2.24) is 4.90 Å². The number of nitrogens with one attached hydrogen (secondary N) is 1. The third-order valence-electron chi connectivity index (χ3n) is 3.59. The normalized spacial score (nSPS) is 15.6. The highest BCUT2D eigenvalue weighted by Crippen LogP contribution is 2.17. The van der Waals surface area contributed by atoms with Crippen LogP contribution in [0.3, 0.4) is 0 Å². The second kappa shape index (κ2) is 8.82. The van der Waals surface area contributed by atoms with Crippen molar-refractivity contribution in [3.63, 3.8) is 0 Å². The number of benzene rings is 1. The van der Waals surface area contributed by atoms with Gasteiger partial charge in [0.05, 0.1) is 6.54 Å². The maximum Gasteiger partial charge on any atom is 0.241 e. The van der Waals surface area contributed by atoms with Crippen LogP contribution >= 0.6 is 12.4 Å². The standard InChI is InChI=1S/C15H22N2O2.ClH/c1-19-12-13-7-9-17(10-8-13)15(18)11-16-14-5-3-2-4-6-14;/h2-6,13,16H,7-12H2,1H3;1H. The zero-order chi connectivity index (χ0) is 13.5. The zero-order valence-corrected chi connectivity index (χ0v) is 12.7. The number of hydrogen-bond acceptors (Lipinski definition) is 3. The van der Waals surface area contributed by atoms with Crippen LogP contribution in [-0.4, -0.2) is 44.2 Å². The molecular weight excluding hydrogens is 276 g/mol. The first-order valence-corrected chi connectivity index (χ1v) is 6.85. The fourth-order valence-corrected chi connectivity index (χ4v) is 2.43. The molecule has 1 aliphatic heterocycles. The van der Waals surface area contributed by atoms with E-state index in [0.717, 1.165) is 38.2 Å². The van der Waals surface area contributed by atoms with Gasteiger partial charge in [-0.05, 0) is 30.9 Å². The van der Waals surface area contributed by atoms with Crippen molar-refractivity contribution >= 4 is 24.0 Å². The number of nitrogens with zero attached hydrogens (tertiary/aromatic N) is 1. The summed E-state index contributed by atoms with van der Waals surface area (Å²) in [6.07, 6.45) is 2.09. The quantitative estimate of drug-likeness (QED) is 0.907. The lowest BCUT2D eigenvalue weighted by Gasteiger charge is -2.31. The second-order valence-corrected chi connectivity index (χ2v) is 5.00. The fourth-order valence-electron chi connectivity index (χ4n) is 2.43. The summed E-state index contributed by atoms with van der Waals surface area (Å²) in [6.45, 7) is 2.88. The molecule has 1 aromatic carbocycles. The van der Waals surface area contributed by atoms with Gasteiger partial charge in [0.15, 0.2) is 0 Å². The number of rotatable bonds is 5. The summed E-state index contributed by atoms with van der Waals surface area (Å²) in [5.74, 6) is 0.788. The van der Waals surface area contributed by atoms with Crippen LogP contribution < -0.4 is 5.32 Å². The smallest absolute Gasteiger partial charge is 0.241 e. The summed E-state index contributed by atoms with van der Waals surface area (Å²) < 4.78 is 5.17. The first kappa shape index (κ1) is 16.8. The molecule has 2 rings (SSSR count). The number of carbonyl (C=O) groups excluding carboxylic acids is 1. The Morgan fingerprint density at radius 1 is 1.30 bits per heavy atom. The number of likely N-dealkylation sites (tertiary alicyclic amines) is 1. The van der Waals surface area contributed by atoms with Crippen LogP contribution in [0.1, 0.15) is 12.8 Å². The molecule has 1 heterocycles. The molecule has 0 aliphatic carbocycles. The molecule has 112 valence electrons. The van der Waals surface area contributed by atoms with Gasteiger partial charge in [0.25, 0.3) is 0 Å². The number of hydrogen-bond donors (Lipinski definition) is 1. The first-order chi connectivity index (χ1) is 9.29. The minimum Gasteiger partial charge on any atom is -0.384 e. The van der Waals surface area contributed by atoms with Crippen LogP contribution in [0.15, 0.2) is 30.3 Å². The topological polar surface area (TPSA) is 41.6 Å². The van der Waals surface area contributed by atoms with Crippen LogP contribution in [0, 0.1) is 5.92 Å². The van der Waals surface area contributed by atoms with Gasteiger partial charge in [-0.2, -0.15) is 0 Å². The monoisotopic (exact) mass is 298 g/mol. The van der Waals surface area contributed by atoms with Crippen molar-refractivity contribution in [1.29, 1.82) is 0 Å². The molecule has 0 saturated carbocycles. The summed E-state index contributed by atoms with van der Waals surface area (Å²) >= 11 is 0. The third-order valence-corrected chi connectivity index (χ3v) is 3.59. The van der Waals surface area contributed by atoms with Crippen LogP contribution in [0.2, 0.25) is 0 Å². The van der Waals surface area contributed by atoms with Gasteiger partial charge in [-0.3, -0.25) is 4.79 Å². The predicted molar refractivity (Wildman–Crippen MR) is 83.4 cm³/mol. The average molecular weight is 299 g/mol. The van der Waals surface area contributed by atoms with E-state index in [2.05, 4.69) is 5.32 Å². The SMILES string of the molecule is COCC1CCN(C(=O)CNc2ccccc2)CC1.Cl. The minimum absolute atomic E-state index is 0. The Labute approximate surface area is 126 Å². The van der Waals surface area contributed by atoms with Gasteiger partial charge in [-0.1, -0.05) is 18.2 Å². The highest BCUT2D eigenvalue weighted by atomic mass is 35.5. The second-order valence-electron chi connectivity index (χ2n) is 5.00. The molecule has 1 saturated heterocycles. The number of halogens is 1. The van der Waals surface area contributed by atoms with Gasteiger partial charge >= 0.3 is 0 Å². The van der Waals surface area contributed by atoms with E-state index in [4.69, 9.17) is 4.74 Å². The van der Waals surface area contributed by atoms with Crippen molar-refractivity contribution in [2.45, 2.75) is 12.8 Å². The van der Waals surface area contributed by atoms with E-state index in [1.165, 1.54) is 0 Å². The van der Waals surface area contributed by atoms with E-state index in [9.17, 15) is 4.79 Å². The van der Waals surface area contributed by atoms with Crippen molar-refractivity contribution in [2.24, 2.45) is 5.92 Å². The number of methoxy groups -OCH3 is 1. The van der Waals surface area contributed by atoms with Crippen LogP contribution in [0.4, 0.5) is 5.69 Å². The van der Waals surface area contributed by atoms with Crippen molar-refractivity contribution in [3.05, 3.63) is 30.3 Å². The Morgan fingerprint density at radius 3 is 2.55 bits per heavy atom. The molecule has 4 nitrogen and oxygen atoms in total. The van der Waals surface area contributed by atoms with Gasteiger partial charge in [0.2, 0.25) is 5.91 Å². The van der Waals surface area contributed by atoms with Gasteiger partial charge in [-0.25, -0.2) is 0 Å². The first-order valence-electron chi connectivity index (χ1n) is 6.85. The van der Waals surface area contributed by atoms with Gasteiger partial charge in [0.1, 0.15) is 0 Å². The molecule has 20 heavy (non-hydrogen) atoms. The minimum atomic E-state index is 0. The zero-order valence-electron chi connectivity index (χ0n) is 11.9. The Kier molecular flexibility index (Phi) is 7.41. The maximum atomic E-state index is 12.1. The molecule has 0 atom stereocenters. The Bertz CT molecular complexity index is 392. The summed E-state index contributed by atoms with van der Waals surface area (Å²) in [5.41, 5.74) is 0.991. The molecule has 0 bridgehead atoms. The fraction of sp³-hybridized carbons (Fsp3) is 0.533. The lowest BCUT2D eigenvalue weighted by atomic mass is 9.98. The third kappa shape index (κ3) is 5.02. The summed E-state index contributed by atoms with van der Waals surface area (Å²) in [7, 11) is 1.74. The maximum absolute atomic E-state index is 12.1. The molecule has 1 fully saturated rings. The molecular formula is C15H23ClN2O2. The average Bonchev–Trinajstić information content (AvgIpc) is 2.47. The number of ether oxygens (including phenoxy) is 1. The predicted octanol–water partition coefficient (Wildman–Crippen LogP) is 2.41. The highest BCUT2D eigenvalue weighted by Gasteiger charge is 2.22. The van der Waals surface area contributed by atoms with Gasteiger partial charge in [0, 0.05) is 32.5 Å². The number of amides is 1. The summed E-state index contributed by atoms with van der Waals surface area (Å²) in [5, 5.41) is 3.16. The van der Waals surface area contributed by atoms with E-state index >= 15 is 0 Å². The molecule has 0 aromatic heterocycles. The molecule has 0 spiro atoms. The molecule has 1 amide bonds. The van der Waals surface area contributed by atoms with Crippen molar-refractivity contribution in [3.8, 4) is 0 Å². The lowest BCUT2D eigenvalue weighted by molar-refractivity contribution is -0.130. The molecule has 5 heteroatoms. The van der Waals surface area contributed by atoms with E-state index in [-0.39, 0.29) is 18.3 Å². The molecule has 1 N–H and O–H groups in total. The Morgan fingerprint density at radius 2 is 1.95 bits per heavy atom. The van der Waals surface area contributed by atoms with Crippen LogP contribution in [-0.2, 0) is 9.53 Å². The number of carbonyl (C=O) groups is 1. The number of anilines is 1. The van der Waals surface area contributed by atoms with E-state index in [1.807, 2.05) is 35.2 Å². The van der Waals surface area contributed by atoms with Crippen LogP contribution in [0.25, 0.3) is 0 Å². The van der Waals surface area contributed by atoms with Crippen molar-refractivity contribution in [2.75, 3.05) is 38.7 Å². The summed E-state index contributed by atoms with van der Waals surface area (Å²) in [4.78, 5) is 14.0. The van der Waals surface area contributed by atoms with E-state index in [1.54, 1.807) is 7.11 Å². The van der Waals surface area contributed by atoms with Gasteiger partial charge < -0.3 is 15.0 Å². The Hall–Kier alpha value is -1.26.